The average molecular weight is 375 g/mol. The summed E-state index contributed by atoms with van der Waals surface area (Å²) in [6.07, 6.45) is 0.587. The molecule has 2 aromatic rings. The summed E-state index contributed by atoms with van der Waals surface area (Å²) in [7, 11) is 1.33. The Morgan fingerprint density at radius 3 is 3.19 bits per heavy atom. The van der Waals surface area contributed by atoms with Crippen LogP contribution in [0.1, 0.15) is 12.0 Å². The quantitative estimate of drug-likeness (QED) is 0.800. The van der Waals surface area contributed by atoms with Crippen LogP contribution in [0, 0.1) is 0 Å². The van der Waals surface area contributed by atoms with Gasteiger partial charge in [-0.05, 0) is 12.1 Å². The van der Waals surface area contributed by atoms with E-state index in [1.54, 1.807) is 4.90 Å². The molecule has 3 aliphatic rings. The summed E-state index contributed by atoms with van der Waals surface area (Å²) >= 11 is 1.48. The first kappa shape index (κ1) is 15.8. The zero-order chi connectivity index (χ0) is 17.8. The van der Waals surface area contributed by atoms with Crippen molar-refractivity contribution in [3.05, 3.63) is 17.7 Å². The Morgan fingerprint density at radius 1 is 1.46 bits per heavy atom. The molecular formula is C17H17N3O5S. The van der Waals surface area contributed by atoms with Crippen LogP contribution < -0.4 is 15.0 Å². The van der Waals surface area contributed by atoms with Crippen molar-refractivity contribution in [2.45, 2.75) is 31.0 Å². The van der Waals surface area contributed by atoms with Gasteiger partial charge in [0.25, 0.3) is 0 Å². The van der Waals surface area contributed by atoms with Crippen LogP contribution in [0.15, 0.2) is 12.1 Å². The van der Waals surface area contributed by atoms with Gasteiger partial charge in [0.2, 0.25) is 0 Å². The highest BCUT2D eigenvalue weighted by Gasteiger charge is 2.47. The topological polar surface area (TPSA) is 90.0 Å². The van der Waals surface area contributed by atoms with Gasteiger partial charge in [0, 0.05) is 18.4 Å². The van der Waals surface area contributed by atoms with E-state index < -0.39 is 12.1 Å². The monoisotopic (exact) mass is 375 g/mol. The summed E-state index contributed by atoms with van der Waals surface area (Å²) in [6.45, 7) is 0.930. The summed E-state index contributed by atoms with van der Waals surface area (Å²) in [5, 5.41) is 3.60. The van der Waals surface area contributed by atoms with Crippen molar-refractivity contribution in [3.63, 3.8) is 0 Å². The predicted octanol–water partition coefficient (Wildman–Crippen LogP) is 1.46. The van der Waals surface area contributed by atoms with Crippen LogP contribution in [-0.4, -0.2) is 55.5 Å². The number of hydrogen-bond acceptors (Lipinski definition) is 7. The smallest absolute Gasteiger partial charge is 0.335 e. The van der Waals surface area contributed by atoms with Crippen molar-refractivity contribution < 1.29 is 23.8 Å². The number of nitrogens with zero attached hydrogens (tertiary/aromatic N) is 2. The van der Waals surface area contributed by atoms with Crippen molar-refractivity contribution in [1.29, 1.82) is 0 Å². The standard InChI is InChI=1S/C17H17N3O5S/c1-23-15(21)12-6-9-10(7-25-12)20(16(22)18-9)17-19-14-8-4-5-24-11(8)2-3-13(14)26-17/h2-3,9-10,12H,4-7H2,1H3,(H,18,22)/t9-,10+,12-/m1/s1. The van der Waals surface area contributed by atoms with Crippen LogP contribution in [0.4, 0.5) is 9.93 Å². The number of amides is 2. The second kappa shape index (κ2) is 5.82. The predicted molar refractivity (Wildman–Crippen MR) is 93.8 cm³/mol. The Bertz CT molecular complexity index is 913. The summed E-state index contributed by atoms with van der Waals surface area (Å²) in [5.74, 6) is 0.465. The minimum absolute atomic E-state index is 0.165. The second-order valence-electron chi connectivity index (χ2n) is 6.56. The molecule has 1 aromatic heterocycles. The van der Waals surface area contributed by atoms with E-state index in [1.807, 2.05) is 12.1 Å². The number of ether oxygens (including phenoxy) is 3. The number of benzene rings is 1. The maximum Gasteiger partial charge on any atom is 0.335 e. The summed E-state index contributed by atoms with van der Waals surface area (Å²) in [6, 6.07) is 3.39. The third-order valence-electron chi connectivity index (χ3n) is 5.15. The van der Waals surface area contributed by atoms with E-state index in [4.69, 9.17) is 19.2 Å². The largest absolute Gasteiger partial charge is 0.493 e. The molecule has 3 atom stereocenters. The van der Waals surface area contributed by atoms with Crippen molar-refractivity contribution in [2.75, 3.05) is 25.2 Å². The van der Waals surface area contributed by atoms with Gasteiger partial charge in [0.05, 0.1) is 42.6 Å². The molecule has 2 saturated heterocycles. The van der Waals surface area contributed by atoms with Crippen LogP contribution in [0.5, 0.6) is 5.75 Å². The van der Waals surface area contributed by atoms with Gasteiger partial charge >= 0.3 is 12.0 Å². The SMILES string of the molecule is COC(=O)[C@H]1C[C@H]2NC(=O)N(c3nc4c5c(ccc4s3)OCC5)[C@H]2CO1. The molecule has 136 valence electrons. The van der Waals surface area contributed by atoms with Gasteiger partial charge in [-0.25, -0.2) is 14.6 Å². The Labute approximate surface area is 153 Å². The van der Waals surface area contributed by atoms with Gasteiger partial charge in [-0.15, -0.1) is 0 Å². The Morgan fingerprint density at radius 2 is 2.35 bits per heavy atom. The zero-order valence-corrected chi connectivity index (χ0v) is 14.9. The maximum absolute atomic E-state index is 12.6. The number of thiazole rings is 1. The van der Waals surface area contributed by atoms with Gasteiger partial charge < -0.3 is 19.5 Å². The van der Waals surface area contributed by atoms with Crippen LogP contribution in [-0.2, 0) is 20.7 Å². The van der Waals surface area contributed by atoms with Crippen LogP contribution in [0.2, 0.25) is 0 Å². The van der Waals surface area contributed by atoms with Crippen molar-refractivity contribution in [2.24, 2.45) is 0 Å². The van der Waals surface area contributed by atoms with Crippen molar-refractivity contribution in [3.8, 4) is 5.75 Å². The van der Waals surface area contributed by atoms with E-state index in [1.165, 1.54) is 18.4 Å². The highest BCUT2D eigenvalue weighted by Crippen LogP contribution is 2.39. The lowest BCUT2D eigenvalue weighted by atomic mass is 10.00. The molecule has 9 heteroatoms. The van der Waals surface area contributed by atoms with E-state index in [-0.39, 0.29) is 24.7 Å². The number of hydrogen-bond donors (Lipinski definition) is 1. The van der Waals surface area contributed by atoms with E-state index in [9.17, 15) is 9.59 Å². The Kier molecular flexibility index (Phi) is 3.54. The van der Waals surface area contributed by atoms with Gasteiger partial charge in [0.15, 0.2) is 11.2 Å². The number of carbonyl (C=O) groups excluding carboxylic acids is 2. The normalized spacial score (nSPS) is 27.0. The summed E-state index contributed by atoms with van der Waals surface area (Å²) < 4.78 is 17.0. The highest BCUT2D eigenvalue weighted by molar-refractivity contribution is 7.22. The molecular weight excluding hydrogens is 358 g/mol. The molecule has 2 fully saturated rings. The number of methoxy groups -OCH3 is 1. The molecule has 3 aliphatic heterocycles. The molecule has 26 heavy (non-hydrogen) atoms. The lowest BCUT2D eigenvalue weighted by Gasteiger charge is -2.32. The number of nitrogens with one attached hydrogen (secondary N) is 1. The lowest BCUT2D eigenvalue weighted by Crippen LogP contribution is -2.49. The maximum atomic E-state index is 12.6. The number of rotatable bonds is 2. The second-order valence-corrected chi connectivity index (χ2v) is 7.57. The first-order valence-electron chi connectivity index (χ1n) is 8.50. The summed E-state index contributed by atoms with van der Waals surface area (Å²) in [4.78, 5) is 30.7. The molecule has 0 radical (unpaired) electrons. The van der Waals surface area contributed by atoms with E-state index in [0.29, 0.717) is 18.2 Å². The molecule has 0 saturated carbocycles. The fourth-order valence-electron chi connectivity index (χ4n) is 3.86. The Balaban J connectivity index is 1.46. The third-order valence-corrected chi connectivity index (χ3v) is 6.17. The molecule has 0 aliphatic carbocycles. The molecule has 2 amide bonds. The Hall–Kier alpha value is -2.39. The number of urea groups is 1. The molecule has 0 spiro atoms. The van der Waals surface area contributed by atoms with Gasteiger partial charge in [-0.2, -0.15) is 0 Å². The highest BCUT2D eigenvalue weighted by atomic mass is 32.1. The van der Waals surface area contributed by atoms with E-state index in [2.05, 4.69) is 5.32 Å². The molecule has 8 nitrogen and oxygen atoms in total. The molecule has 1 N–H and O–H groups in total. The van der Waals surface area contributed by atoms with Crippen LogP contribution >= 0.6 is 11.3 Å². The summed E-state index contributed by atoms with van der Waals surface area (Å²) in [5.41, 5.74) is 2.01. The molecule has 0 bridgehead atoms. The van der Waals surface area contributed by atoms with Crippen molar-refractivity contribution >= 4 is 38.7 Å². The number of esters is 1. The first-order valence-corrected chi connectivity index (χ1v) is 9.31. The van der Waals surface area contributed by atoms with Crippen molar-refractivity contribution in [1.82, 2.24) is 10.3 Å². The number of anilines is 1. The minimum Gasteiger partial charge on any atom is -0.493 e. The molecule has 4 heterocycles. The fraction of sp³-hybridized carbons (Fsp3) is 0.471. The van der Waals surface area contributed by atoms with Gasteiger partial charge in [-0.1, -0.05) is 11.3 Å². The molecule has 0 unspecified atom stereocenters. The van der Waals surface area contributed by atoms with Gasteiger partial charge in [-0.3, -0.25) is 4.90 Å². The van der Waals surface area contributed by atoms with E-state index >= 15 is 0 Å². The van der Waals surface area contributed by atoms with Crippen LogP contribution in [0.25, 0.3) is 10.2 Å². The number of carbonyl (C=O) groups is 2. The number of fused-ring (bicyclic) bond motifs is 4. The number of aromatic nitrogens is 1. The molecule has 1 aromatic carbocycles. The third kappa shape index (κ3) is 2.27. The van der Waals surface area contributed by atoms with Crippen LogP contribution in [0.3, 0.4) is 0 Å². The molecule has 5 rings (SSSR count). The zero-order valence-electron chi connectivity index (χ0n) is 14.1. The first-order chi connectivity index (χ1) is 12.7. The lowest BCUT2D eigenvalue weighted by molar-refractivity contribution is -0.157. The fourth-order valence-corrected chi connectivity index (χ4v) is 4.91. The van der Waals surface area contributed by atoms with Gasteiger partial charge in [0.1, 0.15) is 5.75 Å². The average Bonchev–Trinajstić information content (AvgIpc) is 3.34. The van der Waals surface area contributed by atoms with E-state index in [0.717, 1.165) is 28.0 Å². The minimum atomic E-state index is -0.641.